The molecule has 1 aliphatic carbocycles. The summed E-state index contributed by atoms with van der Waals surface area (Å²) >= 11 is 6.06. The molecule has 1 fully saturated rings. The van der Waals surface area contributed by atoms with Crippen LogP contribution in [0.4, 0.5) is 5.69 Å². The monoisotopic (exact) mass is 346 g/mol. The van der Waals surface area contributed by atoms with Gasteiger partial charge in [-0.3, -0.25) is 4.79 Å². The fraction of sp³-hybridized carbons (Fsp3) is 0.474. The summed E-state index contributed by atoms with van der Waals surface area (Å²) in [5.41, 5.74) is 2.84. The minimum Gasteiger partial charge on any atom is -0.320 e. The molecule has 0 bridgehead atoms. The van der Waals surface area contributed by atoms with E-state index in [1.54, 1.807) is 0 Å². The average Bonchev–Trinajstić information content (AvgIpc) is 3.00. The first-order valence-electron chi connectivity index (χ1n) is 8.68. The van der Waals surface area contributed by atoms with Gasteiger partial charge in [0.1, 0.15) is 0 Å². The fourth-order valence-electron chi connectivity index (χ4n) is 3.63. The predicted molar refractivity (Wildman–Crippen MR) is 96.3 cm³/mol. The molecule has 0 radical (unpaired) electrons. The maximum atomic E-state index is 12.5. The number of aromatic nitrogens is 2. The number of benzene rings is 1. The molecule has 3 rings (SSSR count). The van der Waals surface area contributed by atoms with Gasteiger partial charge in [-0.1, -0.05) is 30.9 Å². The summed E-state index contributed by atoms with van der Waals surface area (Å²) in [6, 6.07) is 6.28. The van der Waals surface area contributed by atoms with Gasteiger partial charge >= 0.3 is 0 Å². The van der Waals surface area contributed by atoms with Crippen LogP contribution in [0.1, 0.15) is 49.3 Å². The second kappa shape index (κ2) is 7.39. The van der Waals surface area contributed by atoms with Crippen molar-refractivity contribution in [3.8, 4) is 0 Å². The molecule has 0 unspecified atom stereocenters. The Kier molecular flexibility index (Phi) is 5.24. The Morgan fingerprint density at radius 1 is 1.25 bits per heavy atom. The summed E-state index contributed by atoms with van der Waals surface area (Å²) < 4.78 is 4.24. The van der Waals surface area contributed by atoms with Crippen molar-refractivity contribution in [3.63, 3.8) is 0 Å². The van der Waals surface area contributed by atoms with E-state index < -0.39 is 0 Å². The number of hydrogen-bond donors (Lipinski definition) is 1. The van der Waals surface area contributed by atoms with Crippen LogP contribution in [0.25, 0.3) is 0 Å². The molecule has 0 spiro atoms. The molecule has 4 nitrogen and oxygen atoms in total. The van der Waals surface area contributed by atoms with Crippen molar-refractivity contribution in [2.75, 3.05) is 5.32 Å². The number of carbonyl (C=O) groups excluding carboxylic acids is 1. The van der Waals surface area contributed by atoms with Crippen LogP contribution in [-0.4, -0.2) is 10.6 Å². The van der Waals surface area contributed by atoms with Crippen LogP contribution < -0.4 is 10.00 Å². The molecule has 0 aliphatic heterocycles. The van der Waals surface area contributed by atoms with Gasteiger partial charge in [0.05, 0.1) is 12.2 Å². The Bertz CT molecular complexity index is 709. The molecule has 128 valence electrons. The zero-order chi connectivity index (χ0) is 17.1. The van der Waals surface area contributed by atoms with Gasteiger partial charge < -0.3 is 5.32 Å². The molecule has 24 heavy (non-hydrogen) atoms. The summed E-state index contributed by atoms with van der Waals surface area (Å²) in [6.45, 7) is 4.25. The molecule has 0 atom stereocenters. The number of nitrogens with zero attached hydrogens (tertiary/aromatic N) is 2. The second-order valence-electron chi connectivity index (χ2n) is 6.72. The summed E-state index contributed by atoms with van der Waals surface area (Å²) in [7, 11) is 0. The number of anilines is 1. The topological polar surface area (TPSA) is 37.9 Å². The van der Waals surface area contributed by atoms with Gasteiger partial charge in [0.2, 0.25) is 6.54 Å². The van der Waals surface area contributed by atoms with E-state index in [4.69, 9.17) is 11.6 Å². The molecule has 1 aliphatic rings. The average molecular weight is 347 g/mol. The van der Waals surface area contributed by atoms with Gasteiger partial charge in [-0.05, 0) is 49.9 Å². The lowest BCUT2D eigenvalue weighted by atomic mass is 9.96. The molecule has 2 aromatic rings. The first kappa shape index (κ1) is 17.0. The van der Waals surface area contributed by atoms with E-state index in [1.165, 1.54) is 32.1 Å². The third-order valence-corrected chi connectivity index (χ3v) is 5.03. The molecule has 1 saturated carbocycles. The van der Waals surface area contributed by atoms with E-state index in [0.717, 1.165) is 16.8 Å². The molecule has 1 aromatic carbocycles. The third kappa shape index (κ3) is 3.81. The Balaban J connectivity index is 1.71. The van der Waals surface area contributed by atoms with Gasteiger partial charge in [0.15, 0.2) is 6.20 Å². The molecule has 1 heterocycles. The molecule has 0 saturated heterocycles. The number of halogens is 1. The van der Waals surface area contributed by atoms with E-state index in [0.29, 0.717) is 17.6 Å². The van der Waals surface area contributed by atoms with Gasteiger partial charge in [-0.2, -0.15) is 4.68 Å². The van der Waals surface area contributed by atoms with E-state index in [2.05, 4.69) is 16.2 Å². The number of aryl methyl sites for hydroxylation is 2. The van der Waals surface area contributed by atoms with Crippen LogP contribution >= 0.6 is 11.6 Å². The molecule has 1 aromatic heterocycles. The first-order valence-corrected chi connectivity index (χ1v) is 9.05. The van der Waals surface area contributed by atoms with Crippen molar-refractivity contribution in [2.24, 2.45) is 0 Å². The normalized spacial score (nSPS) is 15.5. The predicted octanol–water partition coefficient (Wildman–Crippen LogP) is 4.19. The highest BCUT2D eigenvalue weighted by molar-refractivity contribution is 6.30. The molecular formula is C19H25ClN3O+. The van der Waals surface area contributed by atoms with Crippen LogP contribution in [0.15, 0.2) is 30.6 Å². The Labute approximate surface area is 148 Å². The third-order valence-electron chi connectivity index (χ3n) is 4.81. The standard InChI is InChI=1S/C19H24ClN3O/c1-14-11-16(20)12-15(2)19(14)21-18(24)13-22-9-6-10-23(22)17-7-4-3-5-8-17/h6,9-12,17H,3-5,7-8,13H2,1-2H3/p+1. The summed E-state index contributed by atoms with van der Waals surface area (Å²) in [5.74, 6) is -0.00992. The number of amides is 1. The molecule has 1 amide bonds. The molecule has 5 heteroatoms. The quantitative estimate of drug-likeness (QED) is 0.828. The van der Waals surface area contributed by atoms with Crippen LogP contribution in [0, 0.1) is 13.8 Å². The zero-order valence-electron chi connectivity index (χ0n) is 14.4. The van der Waals surface area contributed by atoms with Gasteiger partial charge in [-0.25, -0.2) is 0 Å². The number of nitrogens with one attached hydrogen (secondary N) is 1. The Morgan fingerprint density at radius 3 is 2.58 bits per heavy atom. The van der Waals surface area contributed by atoms with Crippen molar-refractivity contribution in [1.29, 1.82) is 0 Å². The lowest BCUT2D eigenvalue weighted by Crippen LogP contribution is -2.48. The first-order chi connectivity index (χ1) is 11.5. The van der Waals surface area contributed by atoms with Crippen molar-refractivity contribution in [2.45, 2.75) is 58.5 Å². The zero-order valence-corrected chi connectivity index (χ0v) is 15.1. The lowest BCUT2D eigenvalue weighted by molar-refractivity contribution is -0.767. The van der Waals surface area contributed by atoms with E-state index >= 15 is 0 Å². The largest absolute Gasteiger partial charge is 0.320 e. The minimum atomic E-state index is -0.00992. The summed E-state index contributed by atoms with van der Waals surface area (Å²) in [4.78, 5) is 12.5. The van der Waals surface area contributed by atoms with Crippen molar-refractivity contribution < 1.29 is 9.48 Å². The Hall–Kier alpha value is -1.81. The second-order valence-corrected chi connectivity index (χ2v) is 7.16. The van der Waals surface area contributed by atoms with E-state index in [-0.39, 0.29) is 5.91 Å². The number of rotatable bonds is 4. The fourth-order valence-corrected chi connectivity index (χ4v) is 3.96. The minimum absolute atomic E-state index is 0.00992. The van der Waals surface area contributed by atoms with E-state index in [9.17, 15) is 4.79 Å². The number of carbonyl (C=O) groups is 1. The maximum Gasteiger partial charge on any atom is 0.292 e. The van der Waals surface area contributed by atoms with Gasteiger partial charge in [-0.15, -0.1) is 4.68 Å². The molecule has 1 N–H and O–H groups in total. The highest BCUT2D eigenvalue weighted by Gasteiger charge is 2.23. The van der Waals surface area contributed by atoms with Crippen LogP contribution in [0.3, 0.4) is 0 Å². The number of hydrogen-bond acceptors (Lipinski definition) is 1. The van der Waals surface area contributed by atoms with Crippen LogP contribution in [0.5, 0.6) is 0 Å². The lowest BCUT2D eigenvalue weighted by Gasteiger charge is -2.21. The van der Waals surface area contributed by atoms with Crippen molar-refractivity contribution >= 4 is 23.2 Å². The van der Waals surface area contributed by atoms with Crippen LogP contribution in [0.2, 0.25) is 5.02 Å². The summed E-state index contributed by atoms with van der Waals surface area (Å²) in [5, 5.41) is 3.74. The smallest absolute Gasteiger partial charge is 0.292 e. The SMILES string of the molecule is Cc1cc(Cl)cc(C)c1NC(=O)C[n+]1cccn1C1CCCCC1. The summed E-state index contributed by atoms with van der Waals surface area (Å²) in [6.07, 6.45) is 10.3. The van der Waals surface area contributed by atoms with Crippen LogP contribution in [-0.2, 0) is 11.3 Å². The maximum absolute atomic E-state index is 12.5. The van der Waals surface area contributed by atoms with Crippen molar-refractivity contribution in [1.82, 2.24) is 4.68 Å². The van der Waals surface area contributed by atoms with Gasteiger partial charge in [0.25, 0.3) is 5.91 Å². The van der Waals surface area contributed by atoms with E-state index in [1.807, 2.05) is 42.9 Å². The van der Waals surface area contributed by atoms with Gasteiger partial charge in [0, 0.05) is 16.8 Å². The highest BCUT2D eigenvalue weighted by Crippen LogP contribution is 2.27. The van der Waals surface area contributed by atoms with Crippen molar-refractivity contribution in [3.05, 3.63) is 46.7 Å². The molecular weight excluding hydrogens is 322 g/mol. The Morgan fingerprint density at radius 2 is 1.92 bits per heavy atom. The highest BCUT2D eigenvalue weighted by atomic mass is 35.5.